The molecular weight excluding hydrogens is 641 g/mol. The molecule has 0 saturated carbocycles. The van der Waals surface area contributed by atoms with Gasteiger partial charge in [-0.25, -0.2) is 19.3 Å². The highest BCUT2D eigenvalue weighted by atomic mass is 19.1. The van der Waals surface area contributed by atoms with Gasteiger partial charge in [-0.15, -0.1) is 0 Å². The van der Waals surface area contributed by atoms with Gasteiger partial charge in [0.2, 0.25) is 0 Å². The molecule has 4 aromatic carbocycles. The molecule has 1 saturated heterocycles. The van der Waals surface area contributed by atoms with Crippen molar-refractivity contribution >= 4 is 22.9 Å². The van der Waals surface area contributed by atoms with Crippen LogP contribution in [0, 0.1) is 0 Å². The molecule has 50 heavy (non-hydrogen) atoms. The fraction of sp³-hybridized carbons (Fsp3) is 0.211. The average molecular weight is 676 g/mol. The summed E-state index contributed by atoms with van der Waals surface area (Å²) in [7, 11) is 3.19. The van der Waals surface area contributed by atoms with Gasteiger partial charge in [-0.1, -0.05) is 72.8 Å². The molecule has 4 atom stereocenters. The number of carbonyl (C=O) groups excluding carboxylic acids is 1. The van der Waals surface area contributed by atoms with E-state index in [-0.39, 0.29) is 29.5 Å². The molecule has 3 heterocycles. The van der Waals surface area contributed by atoms with E-state index in [2.05, 4.69) is 20.3 Å². The molecule has 7 rings (SSSR count). The zero-order valence-electron chi connectivity index (χ0n) is 27.2. The van der Waals surface area contributed by atoms with Crippen molar-refractivity contribution in [2.45, 2.75) is 30.2 Å². The third-order valence-corrected chi connectivity index (χ3v) is 8.83. The van der Waals surface area contributed by atoms with Crippen LogP contribution in [0.15, 0.2) is 122 Å². The van der Waals surface area contributed by atoms with Gasteiger partial charge in [-0.2, -0.15) is 0 Å². The highest BCUT2D eigenvalue weighted by Crippen LogP contribution is 2.43. The van der Waals surface area contributed by atoms with Crippen molar-refractivity contribution in [1.82, 2.24) is 19.5 Å². The van der Waals surface area contributed by atoms with E-state index in [0.29, 0.717) is 17.1 Å². The first-order valence-corrected chi connectivity index (χ1v) is 15.9. The average Bonchev–Trinajstić information content (AvgIpc) is 3.73. The van der Waals surface area contributed by atoms with Crippen molar-refractivity contribution < 1.29 is 33.2 Å². The lowest BCUT2D eigenvalue weighted by atomic mass is 9.80. The van der Waals surface area contributed by atoms with E-state index >= 15 is 4.39 Å². The fourth-order valence-electron chi connectivity index (χ4n) is 6.25. The van der Waals surface area contributed by atoms with Crippen LogP contribution in [0.2, 0.25) is 0 Å². The van der Waals surface area contributed by atoms with Crippen molar-refractivity contribution in [2.75, 3.05) is 26.1 Å². The Morgan fingerprint density at radius 1 is 0.840 bits per heavy atom. The third kappa shape index (κ3) is 6.04. The standard InChI is InChI=1S/C38H34FN5O6/c1-47-28-17-13-26(14-18-28)38(25-11-7-4-8-12-25,27-15-19-29(48-2)20-16-27)49-21-30-33(45)31(39)37(50-30)44-23-42-32-34(40-22-41-35(32)44)43-36(46)24-9-5-3-6-10-24/h3-20,22-23,30-31,33,37,45H,21H2,1-2H3,(H,40,41,43,46)/t30-,31-,33+,37-/m1/s1. The molecule has 0 radical (unpaired) electrons. The summed E-state index contributed by atoms with van der Waals surface area (Å²) in [5.74, 6) is 1.11. The molecule has 0 aliphatic carbocycles. The van der Waals surface area contributed by atoms with E-state index in [1.54, 1.807) is 38.5 Å². The minimum absolute atomic E-state index is 0.156. The van der Waals surface area contributed by atoms with Crippen molar-refractivity contribution in [1.29, 1.82) is 0 Å². The molecule has 1 aliphatic rings. The summed E-state index contributed by atoms with van der Waals surface area (Å²) in [6.07, 6.45) is -3.16. The molecule has 1 amide bonds. The van der Waals surface area contributed by atoms with E-state index in [1.807, 2.05) is 84.9 Å². The molecule has 0 unspecified atom stereocenters. The van der Waals surface area contributed by atoms with Gasteiger partial charge in [0.1, 0.15) is 35.6 Å². The number of benzene rings is 4. The predicted molar refractivity (Wildman–Crippen MR) is 183 cm³/mol. The fourth-order valence-corrected chi connectivity index (χ4v) is 6.25. The Balaban J connectivity index is 1.20. The Morgan fingerprint density at radius 2 is 1.42 bits per heavy atom. The molecule has 1 fully saturated rings. The summed E-state index contributed by atoms with van der Waals surface area (Å²) in [5.41, 5.74) is 2.05. The Labute approximate surface area is 287 Å². The van der Waals surface area contributed by atoms with Gasteiger partial charge in [0.05, 0.1) is 27.2 Å². The monoisotopic (exact) mass is 675 g/mol. The Kier molecular flexibility index (Phi) is 9.22. The number of ether oxygens (including phenoxy) is 4. The number of methoxy groups -OCH3 is 2. The first kappa shape index (κ1) is 32.8. The van der Waals surface area contributed by atoms with E-state index < -0.39 is 30.2 Å². The number of aliphatic hydroxyl groups is 1. The molecule has 11 nitrogen and oxygen atoms in total. The van der Waals surface area contributed by atoms with E-state index in [1.165, 1.54) is 17.2 Å². The second kappa shape index (κ2) is 14.0. The van der Waals surface area contributed by atoms with Crippen molar-refractivity contribution in [3.63, 3.8) is 0 Å². The van der Waals surface area contributed by atoms with Crippen LogP contribution in [0.4, 0.5) is 10.2 Å². The topological polar surface area (TPSA) is 130 Å². The molecule has 254 valence electrons. The normalized spacial score (nSPS) is 19.0. The number of aromatic nitrogens is 4. The van der Waals surface area contributed by atoms with Gasteiger partial charge in [0.15, 0.2) is 29.4 Å². The van der Waals surface area contributed by atoms with E-state index in [0.717, 1.165) is 16.7 Å². The van der Waals surface area contributed by atoms with Crippen molar-refractivity contribution in [2.24, 2.45) is 0 Å². The molecule has 6 aromatic rings. The molecule has 12 heteroatoms. The van der Waals surface area contributed by atoms with Crippen molar-refractivity contribution in [3.05, 3.63) is 144 Å². The van der Waals surface area contributed by atoms with Gasteiger partial charge >= 0.3 is 0 Å². The first-order valence-electron chi connectivity index (χ1n) is 15.9. The number of amides is 1. The largest absolute Gasteiger partial charge is 0.497 e. The lowest BCUT2D eigenvalue weighted by Gasteiger charge is -2.37. The van der Waals surface area contributed by atoms with E-state index in [9.17, 15) is 9.90 Å². The van der Waals surface area contributed by atoms with Crippen LogP contribution in [0.5, 0.6) is 11.5 Å². The summed E-state index contributed by atoms with van der Waals surface area (Å²) < 4.78 is 41.3. The Hall–Kier alpha value is -5.69. The highest BCUT2D eigenvalue weighted by Gasteiger charge is 2.48. The number of anilines is 1. The smallest absolute Gasteiger partial charge is 0.256 e. The van der Waals surface area contributed by atoms with Crippen LogP contribution in [0.3, 0.4) is 0 Å². The van der Waals surface area contributed by atoms with Crippen LogP contribution >= 0.6 is 0 Å². The summed E-state index contributed by atoms with van der Waals surface area (Å²) in [6, 6.07) is 33.3. The zero-order chi connectivity index (χ0) is 34.7. The number of carbonyl (C=O) groups is 1. The number of nitrogens with zero attached hydrogens (tertiary/aromatic N) is 4. The Bertz CT molecular complexity index is 2010. The van der Waals surface area contributed by atoms with Gasteiger partial charge in [0, 0.05) is 5.56 Å². The minimum Gasteiger partial charge on any atom is -0.497 e. The first-order chi connectivity index (χ1) is 24.4. The minimum atomic E-state index is -1.86. The molecule has 2 aromatic heterocycles. The predicted octanol–water partition coefficient (Wildman–Crippen LogP) is 5.70. The molecule has 0 spiro atoms. The maximum atomic E-state index is 16.0. The zero-order valence-corrected chi connectivity index (χ0v) is 27.2. The number of nitrogens with one attached hydrogen (secondary N) is 1. The van der Waals surface area contributed by atoms with Crippen LogP contribution < -0.4 is 14.8 Å². The number of rotatable bonds is 11. The van der Waals surface area contributed by atoms with Gasteiger partial charge in [-0.05, 0) is 53.1 Å². The number of hydrogen-bond donors (Lipinski definition) is 2. The van der Waals surface area contributed by atoms with Crippen LogP contribution in [-0.2, 0) is 15.1 Å². The van der Waals surface area contributed by atoms with Crippen LogP contribution in [0.1, 0.15) is 33.3 Å². The number of halogens is 1. The maximum absolute atomic E-state index is 16.0. The maximum Gasteiger partial charge on any atom is 0.256 e. The summed E-state index contributed by atoms with van der Waals surface area (Å²) in [5, 5.41) is 14.0. The third-order valence-electron chi connectivity index (χ3n) is 8.83. The number of alkyl halides is 1. The van der Waals surface area contributed by atoms with Gasteiger partial charge in [0.25, 0.3) is 5.91 Å². The van der Waals surface area contributed by atoms with Gasteiger partial charge < -0.3 is 29.4 Å². The lowest BCUT2D eigenvalue weighted by molar-refractivity contribution is -0.0935. The number of fused-ring (bicyclic) bond motifs is 1. The van der Waals surface area contributed by atoms with Crippen molar-refractivity contribution in [3.8, 4) is 11.5 Å². The van der Waals surface area contributed by atoms with Crippen LogP contribution in [0.25, 0.3) is 11.2 Å². The lowest BCUT2D eigenvalue weighted by Crippen LogP contribution is -2.39. The van der Waals surface area contributed by atoms with E-state index in [4.69, 9.17) is 18.9 Å². The second-order valence-corrected chi connectivity index (χ2v) is 11.7. The second-order valence-electron chi connectivity index (χ2n) is 11.7. The molecule has 0 bridgehead atoms. The molecular formula is C38H34FN5O6. The quantitative estimate of drug-likeness (QED) is 0.166. The highest BCUT2D eigenvalue weighted by molar-refractivity contribution is 6.06. The molecule has 1 aliphatic heterocycles. The summed E-state index contributed by atoms with van der Waals surface area (Å²) in [6.45, 7) is -0.189. The van der Waals surface area contributed by atoms with Crippen LogP contribution in [-0.4, -0.2) is 69.7 Å². The number of aliphatic hydroxyl groups excluding tert-OH is 1. The number of hydrogen-bond acceptors (Lipinski definition) is 9. The summed E-state index contributed by atoms with van der Waals surface area (Å²) >= 11 is 0. The number of imidazole rings is 1. The molecule has 2 N–H and O–H groups in total. The van der Waals surface area contributed by atoms with Gasteiger partial charge in [-0.3, -0.25) is 9.36 Å². The SMILES string of the molecule is COc1ccc(C(OC[C@H]2O[C@@H](n3cnc4c(NC(=O)c5ccccc5)ncnc43)[C@H](F)[C@H]2O)(c2ccccc2)c2ccc(OC)cc2)cc1. The summed E-state index contributed by atoms with van der Waals surface area (Å²) in [4.78, 5) is 25.7. The Morgan fingerprint density at radius 3 is 2.02 bits per heavy atom.